The minimum Gasteiger partial charge on any atom is -0.340 e. The number of nitrogens with one attached hydrogen (secondary N) is 1. The summed E-state index contributed by atoms with van der Waals surface area (Å²) in [6, 6.07) is 13.3. The molecule has 0 aliphatic rings. The van der Waals surface area contributed by atoms with Gasteiger partial charge in [0.15, 0.2) is 0 Å². The minimum atomic E-state index is 0.346. The number of hydrogen-bond acceptors (Lipinski definition) is 5. The quantitative estimate of drug-likeness (QED) is 0.567. The van der Waals surface area contributed by atoms with E-state index in [-0.39, 0.29) is 0 Å². The molecule has 0 saturated heterocycles. The molecule has 0 saturated carbocycles. The maximum Gasteiger partial charge on any atom is 0.132 e. The normalized spacial score (nSPS) is 12.8. The maximum absolute atomic E-state index is 10.2. The van der Waals surface area contributed by atoms with Crippen molar-refractivity contribution in [3.63, 3.8) is 0 Å². The van der Waals surface area contributed by atoms with Gasteiger partial charge in [-0.1, -0.05) is 39.0 Å². The molecule has 0 aliphatic heterocycles. The van der Waals surface area contributed by atoms with Crippen molar-refractivity contribution in [2.24, 2.45) is 11.0 Å². The summed E-state index contributed by atoms with van der Waals surface area (Å²) in [7, 11) is 0. The molecule has 0 fully saturated rings. The van der Waals surface area contributed by atoms with Crippen LogP contribution in [-0.4, -0.2) is 15.9 Å². The molecule has 0 bridgehead atoms. The van der Waals surface area contributed by atoms with Gasteiger partial charge in [0.2, 0.25) is 0 Å². The van der Waals surface area contributed by atoms with Crippen LogP contribution in [0.2, 0.25) is 0 Å². The molecular formula is C18H24N4O. The Morgan fingerprint density at radius 2 is 2.00 bits per heavy atom. The number of hydrogen-bond donors (Lipinski definition) is 2. The Balaban J connectivity index is 2.17. The van der Waals surface area contributed by atoms with E-state index in [1.165, 1.54) is 0 Å². The first-order chi connectivity index (χ1) is 11.1. The number of hydrazone groups is 1. The van der Waals surface area contributed by atoms with E-state index in [1.54, 1.807) is 18.3 Å². The van der Waals surface area contributed by atoms with Crippen molar-refractivity contribution in [1.29, 1.82) is 0 Å². The number of anilines is 3. The number of nitrogens with zero attached hydrogens (tertiary/aromatic N) is 3. The van der Waals surface area contributed by atoms with Crippen LogP contribution in [0.3, 0.4) is 0 Å². The third-order valence-electron chi connectivity index (χ3n) is 3.79. The molecule has 1 aromatic carbocycles. The van der Waals surface area contributed by atoms with Crippen LogP contribution in [0.1, 0.15) is 33.6 Å². The minimum absolute atomic E-state index is 0.346. The molecule has 1 aromatic heterocycles. The van der Waals surface area contributed by atoms with Crippen LogP contribution in [-0.2, 0) is 0 Å². The Kier molecular flexibility index (Phi) is 6.11. The molecule has 1 heterocycles. The number of rotatable bonds is 7. The van der Waals surface area contributed by atoms with Gasteiger partial charge in [0, 0.05) is 23.7 Å². The summed E-state index contributed by atoms with van der Waals surface area (Å²) in [5.74, 6) is 1.00. The van der Waals surface area contributed by atoms with Crippen LogP contribution in [0.25, 0.3) is 0 Å². The van der Waals surface area contributed by atoms with E-state index in [1.807, 2.05) is 37.3 Å². The highest BCUT2D eigenvalue weighted by Crippen LogP contribution is 2.20. The van der Waals surface area contributed by atoms with Crippen LogP contribution in [0.5, 0.6) is 0 Å². The molecule has 2 rings (SSSR count). The lowest BCUT2D eigenvalue weighted by Gasteiger charge is -2.17. The van der Waals surface area contributed by atoms with E-state index in [2.05, 4.69) is 29.2 Å². The van der Waals surface area contributed by atoms with E-state index >= 15 is 0 Å². The Morgan fingerprint density at radius 1 is 1.26 bits per heavy atom. The first-order valence-corrected chi connectivity index (χ1v) is 7.98. The zero-order valence-electron chi connectivity index (χ0n) is 13.9. The third kappa shape index (κ3) is 4.79. The van der Waals surface area contributed by atoms with Gasteiger partial charge in [-0.25, -0.2) is 4.98 Å². The molecule has 0 radical (unpaired) electrons. The number of aromatic nitrogens is 1. The fourth-order valence-corrected chi connectivity index (χ4v) is 2.21. The smallest absolute Gasteiger partial charge is 0.132 e. The summed E-state index contributed by atoms with van der Waals surface area (Å²) in [4.78, 5) is 4.27. The Morgan fingerprint density at radius 3 is 2.65 bits per heavy atom. The predicted molar refractivity (Wildman–Crippen MR) is 95.4 cm³/mol. The summed E-state index contributed by atoms with van der Waals surface area (Å²) in [5.41, 5.74) is 2.50. The molecule has 0 aliphatic carbocycles. The molecule has 1 unspecified atom stereocenters. The summed E-state index contributed by atoms with van der Waals surface area (Å²) >= 11 is 0. The summed E-state index contributed by atoms with van der Waals surface area (Å²) in [6.07, 6.45) is 3.46. The Labute approximate surface area is 137 Å². The summed E-state index contributed by atoms with van der Waals surface area (Å²) in [5, 5.41) is 18.7. The van der Waals surface area contributed by atoms with E-state index in [9.17, 15) is 5.21 Å². The van der Waals surface area contributed by atoms with Gasteiger partial charge in [-0.05, 0) is 37.0 Å². The monoisotopic (exact) mass is 312 g/mol. The molecule has 23 heavy (non-hydrogen) atoms. The lowest BCUT2D eigenvalue weighted by molar-refractivity contribution is 0.258. The lowest BCUT2D eigenvalue weighted by Crippen LogP contribution is -2.18. The van der Waals surface area contributed by atoms with E-state index in [0.717, 1.165) is 29.4 Å². The van der Waals surface area contributed by atoms with Crippen molar-refractivity contribution in [2.45, 2.75) is 33.6 Å². The first kappa shape index (κ1) is 17.0. The standard InChI is InChI=1S/C18H24N4O/c1-4-14(3)17(5-2)21-22(23)16-11-12-19-18(13-16)20-15-9-7-6-8-10-15/h6-14,23H,4-5H2,1-3H3,(H,19,20)/b21-17+. The van der Waals surface area contributed by atoms with Crippen LogP contribution in [0, 0.1) is 5.92 Å². The van der Waals surface area contributed by atoms with Gasteiger partial charge in [0.1, 0.15) is 5.82 Å². The lowest BCUT2D eigenvalue weighted by atomic mass is 10.0. The highest BCUT2D eigenvalue weighted by Gasteiger charge is 2.10. The molecule has 1 atom stereocenters. The Bertz CT molecular complexity index is 642. The van der Waals surface area contributed by atoms with Crippen molar-refractivity contribution in [1.82, 2.24) is 4.98 Å². The zero-order valence-corrected chi connectivity index (χ0v) is 13.9. The topological polar surface area (TPSA) is 60.8 Å². The van der Waals surface area contributed by atoms with Crippen molar-refractivity contribution in [2.75, 3.05) is 10.5 Å². The van der Waals surface area contributed by atoms with Crippen molar-refractivity contribution < 1.29 is 5.21 Å². The van der Waals surface area contributed by atoms with Gasteiger partial charge in [-0.15, -0.1) is 5.17 Å². The Hall–Kier alpha value is -2.40. The van der Waals surface area contributed by atoms with Gasteiger partial charge < -0.3 is 5.32 Å². The van der Waals surface area contributed by atoms with Gasteiger partial charge in [-0.3, -0.25) is 5.21 Å². The van der Waals surface area contributed by atoms with Gasteiger partial charge >= 0.3 is 0 Å². The molecule has 0 amide bonds. The van der Waals surface area contributed by atoms with E-state index in [0.29, 0.717) is 17.4 Å². The van der Waals surface area contributed by atoms with Crippen molar-refractivity contribution in [3.05, 3.63) is 48.7 Å². The second-order valence-electron chi connectivity index (χ2n) is 5.43. The molecular weight excluding hydrogens is 288 g/mol. The molecule has 5 nitrogen and oxygen atoms in total. The van der Waals surface area contributed by atoms with Gasteiger partial charge in [-0.2, -0.15) is 5.10 Å². The molecule has 5 heteroatoms. The fourth-order valence-electron chi connectivity index (χ4n) is 2.21. The first-order valence-electron chi connectivity index (χ1n) is 7.98. The van der Waals surface area contributed by atoms with Crippen molar-refractivity contribution >= 4 is 22.9 Å². The van der Waals surface area contributed by atoms with E-state index in [4.69, 9.17) is 0 Å². The number of pyridine rings is 1. The molecule has 122 valence electrons. The SMILES string of the molecule is CC/C(=N\N(O)c1ccnc(Nc2ccccc2)c1)C(C)CC. The fraction of sp³-hybridized carbons (Fsp3) is 0.333. The maximum atomic E-state index is 10.2. The van der Waals surface area contributed by atoms with Gasteiger partial charge in [0.25, 0.3) is 0 Å². The van der Waals surface area contributed by atoms with Crippen LogP contribution in [0.15, 0.2) is 53.8 Å². The number of benzene rings is 1. The second-order valence-corrected chi connectivity index (χ2v) is 5.43. The van der Waals surface area contributed by atoms with E-state index < -0.39 is 0 Å². The van der Waals surface area contributed by atoms with Crippen LogP contribution in [0.4, 0.5) is 17.2 Å². The molecule has 2 aromatic rings. The highest BCUT2D eigenvalue weighted by molar-refractivity contribution is 5.86. The zero-order chi connectivity index (χ0) is 16.7. The molecule has 2 N–H and O–H groups in total. The summed E-state index contributed by atoms with van der Waals surface area (Å²) in [6.45, 7) is 6.28. The largest absolute Gasteiger partial charge is 0.340 e. The predicted octanol–water partition coefficient (Wildman–Crippen LogP) is 4.83. The second kappa shape index (κ2) is 8.29. The third-order valence-corrected chi connectivity index (χ3v) is 3.79. The average molecular weight is 312 g/mol. The average Bonchev–Trinajstić information content (AvgIpc) is 2.60. The van der Waals surface area contributed by atoms with Crippen LogP contribution >= 0.6 is 0 Å². The highest BCUT2D eigenvalue weighted by atomic mass is 16.5. The van der Waals surface area contributed by atoms with Crippen LogP contribution < -0.4 is 10.5 Å². The summed E-state index contributed by atoms with van der Waals surface area (Å²) < 4.78 is 0. The molecule has 0 spiro atoms. The van der Waals surface area contributed by atoms with Crippen molar-refractivity contribution in [3.8, 4) is 0 Å². The van der Waals surface area contributed by atoms with Gasteiger partial charge in [0.05, 0.1) is 5.69 Å². The number of para-hydroxylation sites is 1.